The number of amides is 1. The number of nitrogens with one attached hydrogen (secondary N) is 1. The predicted octanol–water partition coefficient (Wildman–Crippen LogP) is 2.65. The van der Waals surface area contributed by atoms with Crippen LogP contribution in [-0.2, 0) is 4.79 Å². The summed E-state index contributed by atoms with van der Waals surface area (Å²) >= 11 is 0. The van der Waals surface area contributed by atoms with E-state index in [-0.39, 0.29) is 18.3 Å². The highest BCUT2D eigenvalue weighted by atomic mass is 35.5. The van der Waals surface area contributed by atoms with Crippen LogP contribution in [0.5, 0.6) is 5.75 Å². The van der Waals surface area contributed by atoms with Gasteiger partial charge in [-0.05, 0) is 49.4 Å². The average molecular weight is 338 g/mol. The molecule has 3 N–H and O–H groups in total. The van der Waals surface area contributed by atoms with Gasteiger partial charge in [-0.25, -0.2) is 0 Å². The van der Waals surface area contributed by atoms with E-state index in [1.54, 1.807) is 14.0 Å². The van der Waals surface area contributed by atoms with E-state index in [2.05, 4.69) is 17.2 Å². The fourth-order valence-electron chi connectivity index (χ4n) is 3.28. The number of hydrogen-bond acceptors (Lipinski definition) is 3. The number of aromatic nitrogens is 1. The van der Waals surface area contributed by atoms with Crippen LogP contribution in [0.2, 0.25) is 0 Å². The normalized spacial score (nSPS) is 16.9. The molecule has 0 saturated carbocycles. The second kappa shape index (κ2) is 7.23. The van der Waals surface area contributed by atoms with Crippen molar-refractivity contribution in [2.75, 3.05) is 20.2 Å². The lowest BCUT2D eigenvalue weighted by Gasteiger charge is -2.33. The third-order valence-electron chi connectivity index (χ3n) is 4.56. The first-order valence-corrected chi connectivity index (χ1v) is 7.79. The van der Waals surface area contributed by atoms with Crippen molar-refractivity contribution in [3.05, 3.63) is 30.0 Å². The van der Waals surface area contributed by atoms with Crippen LogP contribution < -0.4 is 10.5 Å². The molecular weight excluding hydrogens is 314 g/mol. The van der Waals surface area contributed by atoms with Gasteiger partial charge >= 0.3 is 0 Å². The zero-order valence-electron chi connectivity index (χ0n) is 13.5. The molecule has 1 fully saturated rings. The Bertz CT molecular complexity index is 676. The first-order valence-electron chi connectivity index (χ1n) is 7.79. The summed E-state index contributed by atoms with van der Waals surface area (Å²) in [4.78, 5) is 17.2. The molecule has 0 radical (unpaired) electrons. The predicted molar refractivity (Wildman–Crippen MR) is 94.3 cm³/mol. The molecule has 1 saturated heterocycles. The summed E-state index contributed by atoms with van der Waals surface area (Å²) in [5, 5.41) is 1.22. The van der Waals surface area contributed by atoms with Crippen LogP contribution in [0.25, 0.3) is 10.9 Å². The van der Waals surface area contributed by atoms with E-state index in [1.807, 2.05) is 17.0 Å². The van der Waals surface area contributed by atoms with Crippen molar-refractivity contribution in [3.8, 4) is 5.75 Å². The Labute approximate surface area is 142 Å². The van der Waals surface area contributed by atoms with Gasteiger partial charge in [0.15, 0.2) is 0 Å². The number of carbonyl (C=O) groups is 1. The smallest absolute Gasteiger partial charge is 0.239 e. The molecule has 23 heavy (non-hydrogen) atoms. The largest absolute Gasteiger partial charge is 0.497 e. The van der Waals surface area contributed by atoms with Gasteiger partial charge in [-0.3, -0.25) is 4.79 Å². The second-order valence-electron chi connectivity index (χ2n) is 6.04. The number of H-pyrrole nitrogens is 1. The Morgan fingerprint density at radius 2 is 2.09 bits per heavy atom. The van der Waals surface area contributed by atoms with Gasteiger partial charge in [0.1, 0.15) is 5.75 Å². The fourth-order valence-corrected chi connectivity index (χ4v) is 3.28. The number of piperidine rings is 1. The fraction of sp³-hybridized carbons (Fsp3) is 0.471. The lowest BCUT2D eigenvalue weighted by atomic mass is 9.89. The molecule has 1 unspecified atom stereocenters. The van der Waals surface area contributed by atoms with Gasteiger partial charge in [0.25, 0.3) is 0 Å². The molecule has 0 bridgehead atoms. The van der Waals surface area contributed by atoms with E-state index in [4.69, 9.17) is 10.5 Å². The number of likely N-dealkylation sites (tertiary alicyclic amines) is 1. The third kappa shape index (κ3) is 3.46. The Kier molecular flexibility index (Phi) is 5.55. The van der Waals surface area contributed by atoms with E-state index in [0.29, 0.717) is 5.92 Å². The summed E-state index contributed by atoms with van der Waals surface area (Å²) in [6.07, 6.45) is 4.04. The quantitative estimate of drug-likeness (QED) is 0.904. The molecule has 3 rings (SSSR count). The number of carbonyl (C=O) groups excluding carboxylic acids is 1. The first-order chi connectivity index (χ1) is 10.6. The number of fused-ring (bicyclic) bond motifs is 1. The zero-order chi connectivity index (χ0) is 15.7. The highest BCUT2D eigenvalue weighted by Crippen LogP contribution is 2.34. The lowest BCUT2D eigenvalue weighted by molar-refractivity contribution is -0.133. The van der Waals surface area contributed by atoms with E-state index >= 15 is 0 Å². The minimum absolute atomic E-state index is 0. The Hall–Kier alpha value is -1.72. The molecular formula is C17H24ClN3O2. The number of rotatable bonds is 3. The molecule has 126 valence electrons. The van der Waals surface area contributed by atoms with Gasteiger partial charge in [-0.1, -0.05) is 0 Å². The Balaban J connectivity index is 0.00000192. The SMILES string of the molecule is COc1ccc2[nH]cc(C3CCN(C(=O)C(C)N)CC3)c2c1.Cl. The maximum Gasteiger partial charge on any atom is 0.239 e. The number of halogens is 1. The molecule has 0 spiro atoms. The lowest BCUT2D eigenvalue weighted by Crippen LogP contribution is -2.45. The molecule has 2 heterocycles. The molecule has 2 aromatic rings. The van der Waals surface area contributed by atoms with Crippen molar-refractivity contribution in [2.45, 2.75) is 31.7 Å². The zero-order valence-corrected chi connectivity index (χ0v) is 14.4. The van der Waals surface area contributed by atoms with Gasteiger partial charge in [0, 0.05) is 30.2 Å². The van der Waals surface area contributed by atoms with Crippen LogP contribution in [0.1, 0.15) is 31.2 Å². The van der Waals surface area contributed by atoms with E-state index in [0.717, 1.165) is 37.2 Å². The second-order valence-corrected chi connectivity index (χ2v) is 6.04. The number of aromatic amines is 1. The monoisotopic (exact) mass is 337 g/mol. The number of ether oxygens (including phenoxy) is 1. The minimum atomic E-state index is -0.408. The van der Waals surface area contributed by atoms with Gasteiger partial charge in [-0.2, -0.15) is 0 Å². The molecule has 1 atom stereocenters. The van der Waals surface area contributed by atoms with Crippen molar-refractivity contribution >= 4 is 29.2 Å². The standard InChI is InChI=1S/C17H23N3O2.ClH/c1-11(18)17(21)20-7-5-12(6-8-20)15-10-19-16-4-3-13(22-2)9-14(15)16;/h3-4,9-12,19H,5-8,18H2,1-2H3;1H. The molecule has 0 aliphatic carbocycles. The number of benzene rings is 1. The highest BCUT2D eigenvalue weighted by Gasteiger charge is 2.26. The van der Waals surface area contributed by atoms with Crippen molar-refractivity contribution in [3.63, 3.8) is 0 Å². The maximum absolute atomic E-state index is 12.0. The first kappa shape index (κ1) is 17.6. The number of methoxy groups -OCH3 is 1. The average Bonchev–Trinajstić information content (AvgIpc) is 2.97. The molecule has 1 aromatic carbocycles. The summed E-state index contributed by atoms with van der Waals surface area (Å²) in [6.45, 7) is 3.31. The van der Waals surface area contributed by atoms with Crippen molar-refractivity contribution in [1.29, 1.82) is 0 Å². The number of hydrogen-bond donors (Lipinski definition) is 2. The van der Waals surface area contributed by atoms with Crippen molar-refractivity contribution in [1.82, 2.24) is 9.88 Å². The van der Waals surface area contributed by atoms with E-state index < -0.39 is 6.04 Å². The van der Waals surface area contributed by atoms with Crippen LogP contribution in [-0.4, -0.2) is 42.0 Å². The van der Waals surface area contributed by atoms with Crippen LogP contribution in [0, 0.1) is 0 Å². The van der Waals surface area contributed by atoms with Gasteiger partial charge in [0.2, 0.25) is 5.91 Å². The Morgan fingerprint density at radius 3 is 2.70 bits per heavy atom. The summed E-state index contributed by atoms with van der Waals surface area (Å²) in [5.74, 6) is 1.40. The topological polar surface area (TPSA) is 71.3 Å². The molecule has 1 amide bonds. The third-order valence-corrected chi connectivity index (χ3v) is 4.56. The summed E-state index contributed by atoms with van der Waals surface area (Å²) in [6, 6.07) is 5.69. The van der Waals surface area contributed by atoms with E-state index in [9.17, 15) is 4.79 Å². The molecule has 1 aliphatic rings. The van der Waals surface area contributed by atoms with Gasteiger partial charge < -0.3 is 20.4 Å². The maximum atomic E-state index is 12.0. The van der Waals surface area contributed by atoms with Crippen LogP contribution in [0.3, 0.4) is 0 Å². The number of nitrogens with two attached hydrogens (primary N) is 1. The summed E-state index contributed by atoms with van der Waals surface area (Å²) in [5.41, 5.74) is 8.14. The highest BCUT2D eigenvalue weighted by molar-refractivity contribution is 5.86. The number of nitrogens with zero attached hydrogens (tertiary/aromatic N) is 1. The molecule has 5 nitrogen and oxygen atoms in total. The minimum Gasteiger partial charge on any atom is -0.497 e. The van der Waals surface area contributed by atoms with Crippen LogP contribution in [0.15, 0.2) is 24.4 Å². The molecule has 6 heteroatoms. The van der Waals surface area contributed by atoms with Crippen molar-refractivity contribution in [2.24, 2.45) is 5.73 Å². The van der Waals surface area contributed by atoms with Crippen LogP contribution in [0.4, 0.5) is 0 Å². The summed E-state index contributed by atoms with van der Waals surface area (Å²) in [7, 11) is 1.69. The van der Waals surface area contributed by atoms with Crippen molar-refractivity contribution < 1.29 is 9.53 Å². The van der Waals surface area contributed by atoms with Gasteiger partial charge in [-0.15, -0.1) is 12.4 Å². The van der Waals surface area contributed by atoms with Gasteiger partial charge in [0.05, 0.1) is 13.2 Å². The molecule has 1 aromatic heterocycles. The summed E-state index contributed by atoms with van der Waals surface area (Å²) < 4.78 is 5.33. The van der Waals surface area contributed by atoms with Crippen LogP contribution >= 0.6 is 12.4 Å². The Morgan fingerprint density at radius 1 is 1.39 bits per heavy atom. The molecule has 1 aliphatic heterocycles. The van der Waals surface area contributed by atoms with E-state index in [1.165, 1.54) is 10.9 Å².